The Morgan fingerprint density at radius 1 is 1.42 bits per heavy atom. The second-order valence-corrected chi connectivity index (χ2v) is 7.49. The number of hydrogen-bond donors (Lipinski definition) is 1. The molecule has 26 heavy (non-hydrogen) atoms. The minimum atomic E-state index is -0.279. The molecule has 2 fully saturated rings. The summed E-state index contributed by atoms with van der Waals surface area (Å²) in [5, 5.41) is 3.09. The highest BCUT2D eigenvalue weighted by atomic mass is 16.5. The molecule has 2 amide bonds. The molecule has 7 nitrogen and oxygen atoms in total. The van der Waals surface area contributed by atoms with Gasteiger partial charge in [0, 0.05) is 57.2 Å². The number of likely N-dealkylation sites (N-methyl/N-ethyl adjacent to an activating group) is 1. The van der Waals surface area contributed by atoms with Gasteiger partial charge in [-0.25, -0.2) is 0 Å². The fourth-order valence-corrected chi connectivity index (χ4v) is 3.74. The molecule has 2 saturated heterocycles. The molecule has 0 saturated carbocycles. The van der Waals surface area contributed by atoms with Crippen molar-refractivity contribution in [3.05, 3.63) is 30.1 Å². The maximum absolute atomic E-state index is 12.6. The van der Waals surface area contributed by atoms with E-state index in [1.807, 2.05) is 26.2 Å². The van der Waals surface area contributed by atoms with Crippen molar-refractivity contribution >= 4 is 11.8 Å². The van der Waals surface area contributed by atoms with Gasteiger partial charge in [-0.3, -0.25) is 14.6 Å². The fourth-order valence-electron chi connectivity index (χ4n) is 3.74. The van der Waals surface area contributed by atoms with Gasteiger partial charge in [0.05, 0.1) is 5.92 Å². The van der Waals surface area contributed by atoms with Crippen LogP contribution in [0.2, 0.25) is 0 Å². The summed E-state index contributed by atoms with van der Waals surface area (Å²) in [4.78, 5) is 32.9. The summed E-state index contributed by atoms with van der Waals surface area (Å²) < 4.78 is 5.47. The molecule has 2 aliphatic heterocycles. The van der Waals surface area contributed by atoms with Gasteiger partial charge in [-0.15, -0.1) is 0 Å². The number of amides is 2. The Bertz CT molecular complexity index is 629. The zero-order valence-corrected chi connectivity index (χ0v) is 15.6. The first kappa shape index (κ1) is 18.8. The van der Waals surface area contributed by atoms with Crippen molar-refractivity contribution in [3.63, 3.8) is 0 Å². The van der Waals surface area contributed by atoms with Crippen LogP contribution >= 0.6 is 0 Å². The van der Waals surface area contributed by atoms with Crippen molar-refractivity contribution in [2.75, 3.05) is 40.4 Å². The second kappa shape index (κ2) is 8.14. The Morgan fingerprint density at radius 2 is 2.19 bits per heavy atom. The summed E-state index contributed by atoms with van der Waals surface area (Å²) in [5.74, 6) is -0.277. The Hall–Kier alpha value is -1.99. The summed E-state index contributed by atoms with van der Waals surface area (Å²) >= 11 is 0. The van der Waals surface area contributed by atoms with E-state index >= 15 is 0 Å². The molecule has 142 valence electrons. The molecule has 7 heteroatoms. The van der Waals surface area contributed by atoms with Crippen molar-refractivity contribution in [2.45, 2.75) is 31.3 Å². The Kier molecular flexibility index (Phi) is 5.88. The van der Waals surface area contributed by atoms with Crippen molar-refractivity contribution in [3.8, 4) is 0 Å². The molecule has 1 aromatic heterocycles. The third-order valence-corrected chi connectivity index (χ3v) is 5.65. The van der Waals surface area contributed by atoms with Gasteiger partial charge in [-0.05, 0) is 38.6 Å². The summed E-state index contributed by atoms with van der Waals surface area (Å²) in [6.45, 7) is 3.01. The zero-order chi connectivity index (χ0) is 18.6. The van der Waals surface area contributed by atoms with Crippen LogP contribution in [0.15, 0.2) is 24.5 Å². The first-order chi connectivity index (χ1) is 12.5. The molecular formula is C19H28N4O3. The third-order valence-electron chi connectivity index (χ3n) is 5.65. The lowest BCUT2D eigenvalue weighted by Crippen LogP contribution is -2.56. The molecular weight excluding hydrogens is 332 g/mol. The lowest BCUT2D eigenvalue weighted by atomic mass is 9.88. The van der Waals surface area contributed by atoms with Gasteiger partial charge in [0.25, 0.3) is 0 Å². The highest BCUT2D eigenvalue weighted by molar-refractivity contribution is 5.89. The number of aromatic nitrogens is 1. The Balaban J connectivity index is 1.54. The van der Waals surface area contributed by atoms with Crippen molar-refractivity contribution in [1.82, 2.24) is 20.1 Å². The second-order valence-electron chi connectivity index (χ2n) is 7.49. The molecule has 0 radical (unpaired) electrons. The van der Waals surface area contributed by atoms with Gasteiger partial charge in [-0.2, -0.15) is 0 Å². The predicted octanol–water partition coefficient (Wildman–Crippen LogP) is 0.657. The van der Waals surface area contributed by atoms with Crippen LogP contribution in [0.3, 0.4) is 0 Å². The van der Waals surface area contributed by atoms with Crippen LogP contribution in [0.25, 0.3) is 0 Å². The van der Waals surface area contributed by atoms with Crippen LogP contribution in [0, 0.1) is 5.92 Å². The number of hydrogen-bond acceptors (Lipinski definition) is 5. The van der Waals surface area contributed by atoms with E-state index in [4.69, 9.17) is 4.74 Å². The van der Waals surface area contributed by atoms with Gasteiger partial charge in [0.1, 0.15) is 0 Å². The molecule has 0 aliphatic carbocycles. The highest BCUT2D eigenvalue weighted by Crippen LogP contribution is 2.26. The van der Waals surface area contributed by atoms with Gasteiger partial charge in [0.15, 0.2) is 0 Å². The van der Waals surface area contributed by atoms with Gasteiger partial charge in [0.2, 0.25) is 11.8 Å². The summed E-state index contributed by atoms with van der Waals surface area (Å²) in [5.41, 5.74) is 0.919. The smallest absolute Gasteiger partial charge is 0.225 e. The lowest BCUT2D eigenvalue weighted by molar-refractivity contribution is -0.129. The number of ether oxygens (including phenoxy) is 1. The van der Waals surface area contributed by atoms with E-state index in [-0.39, 0.29) is 29.7 Å². The molecule has 3 rings (SSSR count). The predicted molar refractivity (Wildman–Crippen MR) is 97.2 cm³/mol. The maximum Gasteiger partial charge on any atom is 0.225 e. The van der Waals surface area contributed by atoms with E-state index < -0.39 is 0 Å². The van der Waals surface area contributed by atoms with E-state index in [1.165, 1.54) is 0 Å². The molecule has 0 aromatic carbocycles. The van der Waals surface area contributed by atoms with Gasteiger partial charge < -0.3 is 19.9 Å². The van der Waals surface area contributed by atoms with Crippen molar-refractivity contribution in [1.29, 1.82) is 0 Å². The summed E-state index contributed by atoms with van der Waals surface area (Å²) in [7, 11) is 4.10. The minimum Gasteiger partial charge on any atom is -0.381 e. The summed E-state index contributed by atoms with van der Waals surface area (Å²) in [6.07, 6.45) is 5.55. The van der Waals surface area contributed by atoms with Crippen LogP contribution in [-0.4, -0.2) is 72.5 Å². The largest absolute Gasteiger partial charge is 0.381 e. The monoisotopic (exact) mass is 360 g/mol. The molecule has 1 unspecified atom stereocenters. The quantitative estimate of drug-likeness (QED) is 0.807. The standard InChI is InChI=1S/C19H28N4O3/c1-22(2)19(5-8-26-9-6-19)14-21-18(25)16-10-17(24)23(13-16)12-15-4-3-7-20-11-15/h3-4,7,11,16H,5-6,8-10,12-14H2,1-2H3,(H,21,25). The SMILES string of the molecule is CN(C)C1(CNC(=O)C2CC(=O)N(Cc3cccnc3)C2)CCOCC1. The molecule has 3 heterocycles. The number of nitrogens with zero attached hydrogens (tertiary/aromatic N) is 3. The molecule has 1 atom stereocenters. The van der Waals surface area contributed by atoms with Crippen LogP contribution in [0.4, 0.5) is 0 Å². The first-order valence-electron chi connectivity index (χ1n) is 9.20. The molecule has 0 spiro atoms. The van der Waals surface area contributed by atoms with E-state index in [9.17, 15) is 9.59 Å². The number of pyridine rings is 1. The highest BCUT2D eigenvalue weighted by Gasteiger charge is 2.38. The minimum absolute atomic E-state index is 0.0280. The number of likely N-dealkylation sites (tertiary alicyclic amines) is 1. The number of carbonyl (C=O) groups is 2. The zero-order valence-electron chi connectivity index (χ0n) is 15.6. The maximum atomic E-state index is 12.6. The molecule has 0 bridgehead atoms. The lowest BCUT2D eigenvalue weighted by Gasteiger charge is -2.43. The summed E-state index contributed by atoms with van der Waals surface area (Å²) in [6, 6.07) is 3.80. The van der Waals surface area contributed by atoms with E-state index in [2.05, 4.69) is 15.2 Å². The van der Waals surface area contributed by atoms with Crippen LogP contribution < -0.4 is 5.32 Å². The Morgan fingerprint density at radius 3 is 2.85 bits per heavy atom. The van der Waals surface area contributed by atoms with E-state index in [1.54, 1.807) is 17.3 Å². The topological polar surface area (TPSA) is 74.8 Å². The average Bonchev–Trinajstić information content (AvgIpc) is 3.02. The Labute approximate surface area is 154 Å². The fraction of sp³-hybridized carbons (Fsp3) is 0.632. The number of nitrogens with one attached hydrogen (secondary N) is 1. The normalized spacial score (nSPS) is 22.7. The molecule has 1 N–H and O–H groups in total. The van der Waals surface area contributed by atoms with Crippen LogP contribution in [0.5, 0.6) is 0 Å². The first-order valence-corrected chi connectivity index (χ1v) is 9.20. The van der Waals surface area contributed by atoms with Gasteiger partial charge in [-0.1, -0.05) is 6.07 Å². The van der Waals surface area contributed by atoms with Gasteiger partial charge >= 0.3 is 0 Å². The molecule has 1 aromatic rings. The van der Waals surface area contributed by atoms with Crippen molar-refractivity contribution in [2.24, 2.45) is 5.92 Å². The molecule has 2 aliphatic rings. The van der Waals surface area contributed by atoms with E-state index in [0.717, 1.165) is 31.6 Å². The third kappa shape index (κ3) is 4.22. The van der Waals surface area contributed by atoms with Crippen LogP contribution in [0.1, 0.15) is 24.8 Å². The van der Waals surface area contributed by atoms with E-state index in [0.29, 0.717) is 19.6 Å². The average molecular weight is 360 g/mol. The van der Waals surface area contributed by atoms with Crippen molar-refractivity contribution < 1.29 is 14.3 Å². The van der Waals surface area contributed by atoms with Crippen LogP contribution in [-0.2, 0) is 20.9 Å². The number of rotatable bonds is 6. The number of carbonyl (C=O) groups excluding carboxylic acids is 2.